The SMILES string of the molecule is Cc1cc(=O)n(CC(=O)NN2C(=O)CSC2c2ccc(Cl)c(Cl)c2)c2c(Cl)cccc12. The molecule has 1 aliphatic heterocycles. The maximum atomic E-state index is 12.8. The Morgan fingerprint density at radius 3 is 2.61 bits per heavy atom. The minimum Gasteiger partial charge on any atom is -0.297 e. The Morgan fingerprint density at radius 2 is 1.87 bits per heavy atom. The summed E-state index contributed by atoms with van der Waals surface area (Å²) < 4.78 is 1.31. The molecule has 4 rings (SSSR count). The Bertz CT molecular complexity index is 1280. The third kappa shape index (κ3) is 4.28. The second-order valence-corrected chi connectivity index (χ2v) is 9.31. The first-order valence-corrected chi connectivity index (χ1v) is 11.4. The van der Waals surface area contributed by atoms with E-state index in [-0.39, 0.29) is 23.8 Å². The number of carbonyl (C=O) groups excluding carboxylic acids is 2. The number of nitrogens with one attached hydrogen (secondary N) is 1. The highest BCUT2D eigenvalue weighted by Crippen LogP contribution is 2.39. The second-order valence-electron chi connectivity index (χ2n) is 7.02. The third-order valence-corrected chi connectivity index (χ3v) is 7.19. The van der Waals surface area contributed by atoms with Gasteiger partial charge in [-0.1, -0.05) is 53.0 Å². The number of hydrazine groups is 1. The van der Waals surface area contributed by atoms with Crippen molar-refractivity contribution < 1.29 is 9.59 Å². The van der Waals surface area contributed by atoms with Crippen LogP contribution in [0.2, 0.25) is 15.1 Å². The summed E-state index contributed by atoms with van der Waals surface area (Å²) >= 11 is 19.8. The van der Waals surface area contributed by atoms with Gasteiger partial charge in [0.1, 0.15) is 11.9 Å². The molecule has 2 aromatic carbocycles. The van der Waals surface area contributed by atoms with E-state index in [0.29, 0.717) is 20.6 Å². The molecule has 0 aliphatic carbocycles. The molecule has 2 amide bonds. The van der Waals surface area contributed by atoms with Crippen molar-refractivity contribution in [3.63, 3.8) is 0 Å². The van der Waals surface area contributed by atoms with Gasteiger partial charge < -0.3 is 0 Å². The zero-order valence-corrected chi connectivity index (χ0v) is 19.3. The number of aryl methyl sites for hydroxylation is 1. The molecule has 31 heavy (non-hydrogen) atoms. The molecule has 1 aromatic heterocycles. The minimum atomic E-state index is -0.520. The van der Waals surface area contributed by atoms with Gasteiger partial charge in [-0.2, -0.15) is 0 Å². The number of para-hydroxylation sites is 1. The van der Waals surface area contributed by atoms with E-state index in [9.17, 15) is 14.4 Å². The van der Waals surface area contributed by atoms with Gasteiger partial charge >= 0.3 is 0 Å². The molecular formula is C21H16Cl3N3O3S. The number of rotatable bonds is 4. The molecule has 0 radical (unpaired) electrons. The predicted molar refractivity (Wildman–Crippen MR) is 125 cm³/mol. The van der Waals surface area contributed by atoms with E-state index in [0.717, 1.165) is 16.5 Å². The third-order valence-electron chi connectivity index (χ3n) is 4.93. The van der Waals surface area contributed by atoms with E-state index in [1.807, 2.05) is 13.0 Å². The lowest BCUT2D eigenvalue weighted by atomic mass is 10.1. The predicted octanol–water partition coefficient (Wildman–Crippen LogP) is 4.58. The van der Waals surface area contributed by atoms with Crippen LogP contribution in [0.15, 0.2) is 47.3 Å². The first-order valence-electron chi connectivity index (χ1n) is 9.23. The normalized spacial score (nSPS) is 16.2. The molecule has 6 nitrogen and oxygen atoms in total. The summed E-state index contributed by atoms with van der Waals surface area (Å²) in [6.45, 7) is 1.52. The van der Waals surface area contributed by atoms with Gasteiger partial charge in [0.05, 0.1) is 26.3 Å². The van der Waals surface area contributed by atoms with Crippen LogP contribution in [0.25, 0.3) is 10.9 Å². The molecule has 1 unspecified atom stereocenters. The summed E-state index contributed by atoms with van der Waals surface area (Å²) in [4.78, 5) is 37.9. The molecule has 1 aliphatic rings. The second kappa shape index (κ2) is 8.74. The van der Waals surface area contributed by atoms with Crippen LogP contribution in [0.3, 0.4) is 0 Å². The van der Waals surface area contributed by atoms with Crippen LogP contribution in [-0.2, 0) is 16.1 Å². The fraction of sp³-hybridized carbons (Fsp3) is 0.190. The zero-order valence-electron chi connectivity index (χ0n) is 16.2. The summed E-state index contributed by atoms with van der Waals surface area (Å²) in [5.74, 6) is -0.577. The molecule has 3 aromatic rings. The van der Waals surface area contributed by atoms with Crippen LogP contribution in [0, 0.1) is 6.92 Å². The van der Waals surface area contributed by atoms with Crippen LogP contribution in [-0.4, -0.2) is 27.1 Å². The van der Waals surface area contributed by atoms with Gasteiger partial charge in [0.2, 0.25) is 0 Å². The van der Waals surface area contributed by atoms with Gasteiger partial charge in [-0.15, -0.1) is 11.8 Å². The van der Waals surface area contributed by atoms with Crippen molar-refractivity contribution in [2.45, 2.75) is 18.8 Å². The highest BCUT2D eigenvalue weighted by molar-refractivity contribution is 8.00. The van der Waals surface area contributed by atoms with Gasteiger partial charge in [-0.25, -0.2) is 5.01 Å². The number of aromatic nitrogens is 1. The molecule has 1 N–H and O–H groups in total. The van der Waals surface area contributed by atoms with Crippen molar-refractivity contribution in [1.82, 2.24) is 15.0 Å². The Balaban J connectivity index is 1.62. The number of fused-ring (bicyclic) bond motifs is 1. The molecule has 0 spiro atoms. The van der Waals surface area contributed by atoms with Crippen molar-refractivity contribution in [3.05, 3.63) is 79.0 Å². The lowest BCUT2D eigenvalue weighted by Gasteiger charge is -2.25. The zero-order chi connectivity index (χ0) is 22.3. The van der Waals surface area contributed by atoms with Crippen molar-refractivity contribution in [3.8, 4) is 0 Å². The highest BCUT2D eigenvalue weighted by Gasteiger charge is 2.34. The minimum absolute atomic E-state index is 0.199. The summed E-state index contributed by atoms with van der Waals surface area (Å²) in [7, 11) is 0. The van der Waals surface area contributed by atoms with Crippen molar-refractivity contribution in [1.29, 1.82) is 0 Å². The van der Waals surface area contributed by atoms with Crippen LogP contribution >= 0.6 is 46.6 Å². The number of thioether (sulfide) groups is 1. The van der Waals surface area contributed by atoms with E-state index >= 15 is 0 Å². The molecule has 10 heteroatoms. The maximum absolute atomic E-state index is 12.8. The molecule has 1 saturated heterocycles. The lowest BCUT2D eigenvalue weighted by molar-refractivity contribution is -0.139. The number of halogens is 3. The molecule has 2 heterocycles. The van der Waals surface area contributed by atoms with E-state index < -0.39 is 11.3 Å². The van der Waals surface area contributed by atoms with Gasteiger partial charge in [-0.05, 0) is 36.2 Å². The standard InChI is InChI=1S/C21H16Cl3N3O3S/c1-11-7-18(29)26(20-13(11)3-2-4-15(20)23)9-17(28)25-27-19(30)10-31-21(27)12-5-6-14(22)16(24)8-12/h2-8,21H,9-10H2,1H3,(H,25,28). The van der Waals surface area contributed by atoms with E-state index in [2.05, 4.69) is 5.43 Å². The Labute approximate surface area is 197 Å². The quantitative estimate of drug-likeness (QED) is 0.574. The van der Waals surface area contributed by atoms with Crippen molar-refractivity contribution in [2.75, 3.05) is 5.75 Å². The van der Waals surface area contributed by atoms with Crippen LogP contribution in [0.5, 0.6) is 0 Å². The van der Waals surface area contributed by atoms with Gasteiger partial charge in [0.15, 0.2) is 0 Å². The van der Waals surface area contributed by atoms with Crippen LogP contribution in [0.4, 0.5) is 0 Å². The fourth-order valence-corrected chi connectivity index (χ4v) is 5.17. The topological polar surface area (TPSA) is 71.4 Å². The summed E-state index contributed by atoms with van der Waals surface area (Å²) in [6.07, 6.45) is 0. The average Bonchev–Trinajstić information content (AvgIpc) is 3.07. The summed E-state index contributed by atoms with van der Waals surface area (Å²) in [5.41, 5.74) is 4.26. The van der Waals surface area contributed by atoms with Gasteiger partial charge in [-0.3, -0.25) is 24.4 Å². The molecule has 1 atom stereocenters. The van der Waals surface area contributed by atoms with E-state index in [4.69, 9.17) is 34.8 Å². The number of pyridine rings is 1. The van der Waals surface area contributed by atoms with E-state index in [1.54, 1.807) is 30.3 Å². The van der Waals surface area contributed by atoms with Crippen molar-refractivity contribution >= 4 is 69.3 Å². The molecule has 1 fully saturated rings. The first kappa shape index (κ1) is 22.0. The van der Waals surface area contributed by atoms with Crippen molar-refractivity contribution in [2.24, 2.45) is 0 Å². The van der Waals surface area contributed by atoms with Crippen LogP contribution in [0.1, 0.15) is 16.5 Å². The molecule has 0 bridgehead atoms. The number of benzene rings is 2. The Hall–Kier alpha value is -2.19. The fourth-order valence-electron chi connectivity index (χ4n) is 3.49. The summed E-state index contributed by atoms with van der Waals surface area (Å²) in [5, 5.41) is 2.71. The summed E-state index contributed by atoms with van der Waals surface area (Å²) in [6, 6.07) is 11.8. The highest BCUT2D eigenvalue weighted by atomic mass is 35.5. The molecule has 160 valence electrons. The number of hydrogen-bond donors (Lipinski definition) is 1. The van der Waals surface area contributed by atoms with Gasteiger partial charge in [0, 0.05) is 11.5 Å². The number of nitrogens with zero attached hydrogens (tertiary/aromatic N) is 2. The Morgan fingerprint density at radius 1 is 1.10 bits per heavy atom. The molecular weight excluding hydrogens is 481 g/mol. The molecule has 0 saturated carbocycles. The smallest absolute Gasteiger partial charge is 0.258 e. The lowest BCUT2D eigenvalue weighted by Crippen LogP contribution is -2.46. The number of hydrogen-bond acceptors (Lipinski definition) is 4. The maximum Gasteiger partial charge on any atom is 0.258 e. The van der Waals surface area contributed by atoms with Gasteiger partial charge in [0.25, 0.3) is 17.4 Å². The monoisotopic (exact) mass is 495 g/mol. The Kier molecular flexibility index (Phi) is 6.21. The van der Waals surface area contributed by atoms with Crippen LogP contribution < -0.4 is 11.0 Å². The average molecular weight is 497 g/mol. The first-order chi connectivity index (χ1) is 14.8. The van der Waals surface area contributed by atoms with E-state index in [1.165, 1.54) is 27.4 Å². The largest absolute Gasteiger partial charge is 0.297 e. The number of carbonyl (C=O) groups is 2. The number of amides is 2.